The van der Waals surface area contributed by atoms with Crippen molar-refractivity contribution in [2.75, 3.05) is 0 Å². The Kier molecular flexibility index (Phi) is 3.39. The normalized spacial score (nSPS) is 27.6. The van der Waals surface area contributed by atoms with Crippen LogP contribution in [0.3, 0.4) is 0 Å². The number of hydrogen-bond donors (Lipinski definition) is 0. The highest BCUT2D eigenvalue weighted by atomic mass is 79.9. The molecule has 1 aliphatic rings. The summed E-state index contributed by atoms with van der Waals surface area (Å²) in [4.78, 5) is 12.0. The summed E-state index contributed by atoms with van der Waals surface area (Å²) in [5.41, 5.74) is 1.22. The van der Waals surface area contributed by atoms with Crippen LogP contribution in [0.1, 0.15) is 32.3 Å². The Balaban J connectivity index is 2.27. The Hall–Kier alpha value is -0.340. The lowest BCUT2D eigenvalue weighted by molar-refractivity contribution is -0.120. The van der Waals surface area contributed by atoms with Gasteiger partial charge in [0.15, 0.2) is 0 Å². The number of carbonyl (C=O) groups is 1. The second-order valence-corrected chi connectivity index (χ2v) is 7.16. The van der Waals surface area contributed by atoms with Gasteiger partial charge in [0.05, 0.1) is 4.83 Å². The minimum absolute atomic E-state index is 0.0454. The van der Waals surface area contributed by atoms with Gasteiger partial charge in [-0.05, 0) is 30.0 Å². The summed E-state index contributed by atoms with van der Waals surface area (Å²) in [5, 5.41) is 0.739. The first kappa shape index (κ1) is 13.1. The molecule has 3 heteroatoms. The maximum Gasteiger partial charge on any atom is 0.150 e. The van der Waals surface area contributed by atoms with E-state index >= 15 is 0 Å². The highest BCUT2D eigenvalue weighted by molar-refractivity contribution is 9.10. The molecule has 0 amide bonds. The molecule has 1 unspecified atom stereocenters. The molecule has 1 nitrogen and oxygen atoms in total. The van der Waals surface area contributed by atoms with E-state index in [0.29, 0.717) is 11.7 Å². The third kappa shape index (κ3) is 2.30. The van der Waals surface area contributed by atoms with Crippen molar-refractivity contribution in [1.29, 1.82) is 0 Å². The van der Waals surface area contributed by atoms with Gasteiger partial charge in [-0.3, -0.25) is 4.79 Å². The molecule has 3 atom stereocenters. The summed E-state index contributed by atoms with van der Waals surface area (Å²) >= 11 is 9.38. The third-order valence-corrected chi connectivity index (χ3v) is 4.42. The molecule has 1 saturated carbocycles. The van der Waals surface area contributed by atoms with Gasteiger partial charge >= 0.3 is 0 Å². The highest BCUT2D eigenvalue weighted by Gasteiger charge is 2.62. The number of benzene rings is 1. The van der Waals surface area contributed by atoms with Crippen molar-refractivity contribution in [1.82, 2.24) is 0 Å². The molecule has 0 N–H and O–H groups in total. The molecule has 1 fully saturated rings. The van der Waals surface area contributed by atoms with Gasteiger partial charge in [-0.1, -0.05) is 53.5 Å². The lowest BCUT2D eigenvalue weighted by Gasteiger charge is -2.02. The van der Waals surface area contributed by atoms with Crippen molar-refractivity contribution < 1.29 is 4.79 Å². The molecule has 1 aromatic carbocycles. The Bertz CT molecular complexity index is 453. The van der Waals surface area contributed by atoms with Crippen LogP contribution >= 0.6 is 27.5 Å². The van der Waals surface area contributed by atoms with Gasteiger partial charge < -0.3 is 0 Å². The molecule has 1 aliphatic carbocycles. The molecule has 0 bridgehead atoms. The summed E-state index contributed by atoms with van der Waals surface area (Å²) in [5.74, 6) is 0.698. The van der Waals surface area contributed by atoms with Crippen LogP contribution in [0.5, 0.6) is 0 Å². The Morgan fingerprint density at radius 1 is 1.47 bits per heavy atom. The number of ketones is 1. The lowest BCUT2D eigenvalue weighted by Crippen LogP contribution is -2.15. The van der Waals surface area contributed by atoms with Crippen molar-refractivity contribution in [3.8, 4) is 0 Å². The second kappa shape index (κ2) is 4.40. The first-order chi connectivity index (χ1) is 7.85. The fourth-order valence-electron chi connectivity index (χ4n) is 2.74. The first-order valence-corrected chi connectivity index (χ1v) is 7.08. The maximum atomic E-state index is 12.1. The zero-order chi connectivity index (χ0) is 12.8. The van der Waals surface area contributed by atoms with Crippen molar-refractivity contribution in [3.05, 3.63) is 34.9 Å². The summed E-state index contributed by atoms with van der Waals surface area (Å²) in [7, 11) is 0. The molecule has 0 heterocycles. The van der Waals surface area contributed by atoms with Gasteiger partial charge in [0.1, 0.15) is 5.78 Å². The molecule has 0 spiro atoms. The Morgan fingerprint density at radius 2 is 2.12 bits per heavy atom. The van der Waals surface area contributed by atoms with Crippen LogP contribution in [0.15, 0.2) is 24.3 Å². The average Bonchev–Trinajstić information content (AvgIpc) is 2.80. The topological polar surface area (TPSA) is 17.1 Å². The molecule has 0 aromatic heterocycles. The molecular weight excluding hydrogens is 300 g/mol. The van der Waals surface area contributed by atoms with Gasteiger partial charge in [0.25, 0.3) is 0 Å². The SMILES string of the molecule is CC(Br)C(=O)[C@@H]1[C@@H](c2cccc(Cl)c2)C1(C)C. The second-order valence-electron chi connectivity index (χ2n) is 5.35. The monoisotopic (exact) mass is 314 g/mol. The van der Waals surface area contributed by atoms with Crippen LogP contribution in [0.25, 0.3) is 0 Å². The van der Waals surface area contributed by atoms with E-state index in [2.05, 4.69) is 35.8 Å². The van der Waals surface area contributed by atoms with E-state index < -0.39 is 0 Å². The molecule has 0 aliphatic heterocycles. The number of Topliss-reactive ketones (excluding diaryl/α,β-unsaturated/α-hetero) is 1. The van der Waals surface area contributed by atoms with Crippen molar-refractivity contribution in [2.45, 2.75) is 31.5 Å². The van der Waals surface area contributed by atoms with Crippen LogP contribution in [0.2, 0.25) is 5.02 Å². The van der Waals surface area contributed by atoms with E-state index in [9.17, 15) is 4.79 Å². The zero-order valence-corrected chi connectivity index (χ0v) is 12.5. The smallest absolute Gasteiger partial charge is 0.150 e. The average molecular weight is 316 g/mol. The third-order valence-electron chi connectivity index (χ3n) is 3.73. The minimum atomic E-state index is -0.0732. The summed E-state index contributed by atoms with van der Waals surface area (Å²) in [6.07, 6.45) is 0. The van der Waals surface area contributed by atoms with E-state index in [0.717, 1.165) is 5.02 Å². The van der Waals surface area contributed by atoms with Gasteiger partial charge in [-0.15, -0.1) is 0 Å². The number of hydrogen-bond acceptors (Lipinski definition) is 1. The van der Waals surface area contributed by atoms with Crippen LogP contribution < -0.4 is 0 Å². The van der Waals surface area contributed by atoms with E-state index in [-0.39, 0.29) is 16.2 Å². The van der Waals surface area contributed by atoms with Crippen LogP contribution in [0.4, 0.5) is 0 Å². The zero-order valence-electron chi connectivity index (χ0n) is 10.2. The Labute approximate surface area is 116 Å². The standard InChI is InChI=1S/C14H16BrClO/c1-8(15)13(17)12-11(14(12,2)3)9-5-4-6-10(16)7-9/h4-8,11-12H,1-3H3/t8?,11-,12+/m1/s1. The number of carbonyl (C=O) groups excluding carboxylic acids is 1. The summed E-state index contributed by atoms with van der Waals surface area (Å²) in [6, 6.07) is 7.85. The van der Waals surface area contributed by atoms with Crippen molar-refractivity contribution >= 4 is 33.3 Å². The maximum absolute atomic E-state index is 12.1. The largest absolute Gasteiger partial charge is 0.298 e. The van der Waals surface area contributed by atoms with Gasteiger partial charge in [-0.25, -0.2) is 0 Å². The Morgan fingerprint density at radius 3 is 2.65 bits per heavy atom. The molecule has 0 saturated heterocycles. The van der Waals surface area contributed by atoms with E-state index in [1.54, 1.807) is 0 Å². The van der Waals surface area contributed by atoms with Crippen molar-refractivity contribution in [2.24, 2.45) is 11.3 Å². The number of halogens is 2. The fraction of sp³-hybridized carbons (Fsp3) is 0.500. The lowest BCUT2D eigenvalue weighted by atomic mass is 10.0. The predicted octanol–water partition coefficient (Wildman–Crippen LogP) is 4.43. The molecule has 1 aromatic rings. The summed E-state index contributed by atoms with van der Waals surface area (Å²) < 4.78 is 0. The minimum Gasteiger partial charge on any atom is -0.298 e. The quantitative estimate of drug-likeness (QED) is 0.754. The fourth-order valence-corrected chi connectivity index (χ4v) is 3.22. The van der Waals surface area contributed by atoms with Gasteiger partial charge in [0.2, 0.25) is 0 Å². The molecule has 2 rings (SSSR count). The molecular formula is C14H16BrClO. The number of alkyl halides is 1. The van der Waals surface area contributed by atoms with Gasteiger partial charge in [0, 0.05) is 16.9 Å². The predicted molar refractivity (Wildman–Crippen MR) is 74.9 cm³/mol. The van der Waals surface area contributed by atoms with Crippen LogP contribution in [-0.4, -0.2) is 10.6 Å². The van der Waals surface area contributed by atoms with Crippen LogP contribution in [0, 0.1) is 11.3 Å². The van der Waals surface area contributed by atoms with Crippen LogP contribution in [-0.2, 0) is 4.79 Å². The van der Waals surface area contributed by atoms with E-state index in [1.807, 2.05) is 25.1 Å². The van der Waals surface area contributed by atoms with E-state index in [4.69, 9.17) is 11.6 Å². The van der Waals surface area contributed by atoms with E-state index in [1.165, 1.54) is 5.56 Å². The molecule has 92 valence electrons. The number of rotatable bonds is 3. The first-order valence-electron chi connectivity index (χ1n) is 5.79. The molecule has 17 heavy (non-hydrogen) atoms. The van der Waals surface area contributed by atoms with Gasteiger partial charge in [-0.2, -0.15) is 0 Å². The summed E-state index contributed by atoms with van der Waals surface area (Å²) in [6.45, 7) is 6.19. The highest BCUT2D eigenvalue weighted by Crippen LogP contribution is 2.65. The molecule has 0 radical (unpaired) electrons. The van der Waals surface area contributed by atoms with Crippen molar-refractivity contribution in [3.63, 3.8) is 0 Å².